The molecule has 1 aromatic carbocycles. The molecule has 1 aliphatic carbocycles. The molecule has 2 fully saturated rings. The Balaban J connectivity index is 1.64. The second-order valence-corrected chi connectivity index (χ2v) is 7.15. The van der Waals surface area contributed by atoms with Gasteiger partial charge in [0.05, 0.1) is 5.02 Å². The molecule has 130 valence electrons. The summed E-state index contributed by atoms with van der Waals surface area (Å²) >= 11 is 11.9. The summed E-state index contributed by atoms with van der Waals surface area (Å²) in [5, 5.41) is 3.83. The molecule has 2 atom stereocenters. The predicted molar refractivity (Wildman–Crippen MR) is 92.5 cm³/mol. The van der Waals surface area contributed by atoms with Gasteiger partial charge in [0.25, 0.3) is 5.91 Å². The van der Waals surface area contributed by atoms with E-state index in [4.69, 9.17) is 27.9 Å². The number of benzene rings is 1. The van der Waals surface area contributed by atoms with Crippen LogP contribution >= 0.6 is 23.2 Å². The summed E-state index contributed by atoms with van der Waals surface area (Å²) in [5.41, 5.74) is 0. The predicted octanol–water partition coefficient (Wildman–Crippen LogP) is 3.03. The maximum absolute atomic E-state index is 12.7. The average Bonchev–Trinajstić information content (AvgIpc) is 3.21. The van der Waals surface area contributed by atoms with E-state index in [0.29, 0.717) is 28.8 Å². The largest absolute Gasteiger partial charge is 0.479 e. The molecule has 1 heterocycles. The van der Waals surface area contributed by atoms with E-state index >= 15 is 0 Å². The summed E-state index contributed by atoms with van der Waals surface area (Å²) in [6.07, 6.45) is 2.85. The zero-order valence-corrected chi connectivity index (χ0v) is 14.9. The summed E-state index contributed by atoms with van der Waals surface area (Å²) < 4.78 is 5.68. The van der Waals surface area contributed by atoms with Crippen molar-refractivity contribution in [3.05, 3.63) is 28.2 Å². The third-order valence-corrected chi connectivity index (χ3v) is 4.84. The monoisotopic (exact) mass is 370 g/mol. The third-order valence-electron chi connectivity index (χ3n) is 4.31. The Hall–Kier alpha value is -1.46. The van der Waals surface area contributed by atoms with Gasteiger partial charge in [0.15, 0.2) is 6.10 Å². The Kier molecular flexibility index (Phi) is 5.21. The van der Waals surface area contributed by atoms with E-state index in [1.165, 1.54) is 0 Å². The maximum atomic E-state index is 12.7. The minimum Gasteiger partial charge on any atom is -0.479 e. The number of hydrogen-bond donors (Lipinski definition) is 1. The number of hydrogen-bond acceptors (Lipinski definition) is 3. The van der Waals surface area contributed by atoms with E-state index in [9.17, 15) is 9.59 Å². The number of ether oxygens (including phenoxy) is 1. The van der Waals surface area contributed by atoms with Gasteiger partial charge in [0.2, 0.25) is 5.91 Å². The van der Waals surface area contributed by atoms with E-state index in [1.54, 1.807) is 30.0 Å². The Labute approximate surface area is 151 Å². The lowest BCUT2D eigenvalue weighted by atomic mass is 10.2. The SMILES string of the molecule is CC(Oc1ccc(Cl)cc1Cl)C(=O)N1CCCC1C(=O)NC1CC1. The van der Waals surface area contributed by atoms with Crippen molar-refractivity contribution in [2.24, 2.45) is 0 Å². The van der Waals surface area contributed by atoms with E-state index in [-0.39, 0.29) is 17.9 Å². The number of rotatable bonds is 5. The standard InChI is InChI=1S/C17H20Cl2N2O3/c1-10(24-15-7-4-11(18)9-13(15)19)17(23)21-8-2-3-14(21)16(22)20-12-5-6-12/h4,7,9-10,12,14H,2-3,5-6,8H2,1H3,(H,20,22). The van der Waals surface area contributed by atoms with Crippen LogP contribution in [0, 0.1) is 0 Å². The van der Waals surface area contributed by atoms with Crippen molar-refractivity contribution < 1.29 is 14.3 Å². The van der Waals surface area contributed by atoms with Crippen molar-refractivity contribution in [3.8, 4) is 5.75 Å². The van der Waals surface area contributed by atoms with Crippen molar-refractivity contribution in [3.63, 3.8) is 0 Å². The molecule has 0 radical (unpaired) electrons. The highest BCUT2D eigenvalue weighted by atomic mass is 35.5. The molecule has 1 saturated heterocycles. The summed E-state index contributed by atoms with van der Waals surface area (Å²) in [7, 11) is 0. The molecule has 24 heavy (non-hydrogen) atoms. The highest BCUT2D eigenvalue weighted by molar-refractivity contribution is 6.35. The normalized spacial score (nSPS) is 21.5. The summed E-state index contributed by atoms with van der Waals surface area (Å²) in [6.45, 7) is 2.24. The first-order valence-electron chi connectivity index (χ1n) is 8.18. The van der Waals surface area contributed by atoms with Crippen LogP contribution in [-0.2, 0) is 9.59 Å². The van der Waals surface area contributed by atoms with Crippen LogP contribution in [0.25, 0.3) is 0 Å². The first-order chi connectivity index (χ1) is 11.5. The Morgan fingerprint density at radius 3 is 2.71 bits per heavy atom. The van der Waals surface area contributed by atoms with Crippen LogP contribution in [0.2, 0.25) is 10.0 Å². The Morgan fingerprint density at radius 2 is 2.04 bits per heavy atom. The van der Waals surface area contributed by atoms with E-state index in [1.807, 2.05) is 0 Å². The third kappa shape index (κ3) is 3.95. The fourth-order valence-electron chi connectivity index (χ4n) is 2.87. The van der Waals surface area contributed by atoms with E-state index in [2.05, 4.69) is 5.32 Å². The molecule has 2 amide bonds. The van der Waals surface area contributed by atoms with Gasteiger partial charge < -0.3 is 15.0 Å². The molecule has 2 unspecified atom stereocenters. The fourth-order valence-corrected chi connectivity index (χ4v) is 3.33. The summed E-state index contributed by atoms with van der Waals surface area (Å²) in [4.78, 5) is 26.6. The first kappa shape index (κ1) is 17.4. The first-order valence-corrected chi connectivity index (χ1v) is 8.94. The molecule has 0 spiro atoms. The van der Waals surface area contributed by atoms with Gasteiger partial charge in [-0.2, -0.15) is 0 Å². The van der Waals surface area contributed by atoms with Gasteiger partial charge in [-0.05, 0) is 50.8 Å². The van der Waals surface area contributed by atoms with Gasteiger partial charge in [-0.25, -0.2) is 0 Å². The Morgan fingerprint density at radius 1 is 1.29 bits per heavy atom. The second kappa shape index (κ2) is 7.19. The van der Waals surface area contributed by atoms with Gasteiger partial charge in [-0.3, -0.25) is 9.59 Å². The van der Waals surface area contributed by atoms with Crippen molar-refractivity contribution >= 4 is 35.0 Å². The number of halogens is 2. The van der Waals surface area contributed by atoms with Gasteiger partial charge in [0.1, 0.15) is 11.8 Å². The fraction of sp³-hybridized carbons (Fsp3) is 0.529. The van der Waals surface area contributed by atoms with Crippen molar-refractivity contribution in [1.82, 2.24) is 10.2 Å². The van der Waals surface area contributed by atoms with Gasteiger partial charge in [0, 0.05) is 17.6 Å². The molecule has 1 aromatic rings. The number of amides is 2. The zero-order chi connectivity index (χ0) is 17.3. The molecule has 1 N–H and O–H groups in total. The highest BCUT2D eigenvalue weighted by Gasteiger charge is 2.38. The quantitative estimate of drug-likeness (QED) is 0.866. The molecule has 7 heteroatoms. The molecule has 1 saturated carbocycles. The van der Waals surface area contributed by atoms with Crippen LogP contribution in [0.4, 0.5) is 0 Å². The number of nitrogens with one attached hydrogen (secondary N) is 1. The van der Waals surface area contributed by atoms with Crippen LogP contribution in [0.3, 0.4) is 0 Å². The minimum atomic E-state index is -0.724. The summed E-state index contributed by atoms with van der Waals surface area (Å²) in [5.74, 6) is 0.148. The number of carbonyl (C=O) groups is 2. The van der Waals surface area contributed by atoms with Gasteiger partial charge in [-0.15, -0.1) is 0 Å². The number of carbonyl (C=O) groups excluding carboxylic acids is 2. The molecule has 5 nitrogen and oxygen atoms in total. The van der Waals surface area contributed by atoms with E-state index in [0.717, 1.165) is 19.3 Å². The molecule has 3 rings (SSSR count). The summed E-state index contributed by atoms with van der Waals surface area (Å²) in [6, 6.07) is 4.75. The average molecular weight is 371 g/mol. The Bertz CT molecular complexity index is 649. The molecule has 0 aromatic heterocycles. The van der Waals surface area contributed by atoms with Crippen molar-refractivity contribution in [2.45, 2.75) is 50.8 Å². The van der Waals surface area contributed by atoms with E-state index < -0.39 is 12.1 Å². The molecule has 1 aliphatic heterocycles. The molecular weight excluding hydrogens is 351 g/mol. The topological polar surface area (TPSA) is 58.6 Å². The van der Waals surface area contributed by atoms with Crippen LogP contribution in [0.5, 0.6) is 5.75 Å². The lowest BCUT2D eigenvalue weighted by Crippen LogP contribution is -2.50. The van der Waals surface area contributed by atoms with Gasteiger partial charge >= 0.3 is 0 Å². The minimum absolute atomic E-state index is 0.0555. The zero-order valence-electron chi connectivity index (χ0n) is 13.4. The molecular formula is C17H20Cl2N2O3. The highest BCUT2D eigenvalue weighted by Crippen LogP contribution is 2.29. The van der Waals surface area contributed by atoms with Crippen molar-refractivity contribution in [2.75, 3.05) is 6.54 Å². The van der Waals surface area contributed by atoms with Gasteiger partial charge in [-0.1, -0.05) is 23.2 Å². The number of likely N-dealkylation sites (tertiary alicyclic amines) is 1. The second-order valence-electron chi connectivity index (χ2n) is 6.31. The lowest BCUT2D eigenvalue weighted by molar-refractivity contribution is -0.143. The smallest absolute Gasteiger partial charge is 0.264 e. The van der Waals surface area contributed by atoms with Crippen LogP contribution in [0.1, 0.15) is 32.6 Å². The molecule has 2 aliphatic rings. The van der Waals surface area contributed by atoms with Crippen molar-refractivity contribution in [1.29, 1.82) is 0 Å². The van der Waals surface area contributed by atoms with Crippen LogP contribution in [-0.4, -0.2) is 41.4 Å². The lowest BCUT2D eigenvalue weighted by Gasteiger charge is -2.27. The maximum Gasteiger partial charge on any atom is 0.264 e. The molecule has 0 bridgehead atoms. The van der Waals surface area contributed by atoms with Crippen LogP contribution < -0.4 is 10.1 Å². The van der Waals surface area contributed by atoms with Crippen LogP contribution in [0.15, 0.2) is 18.2 Å². The number of nitrogens with zero attached hydrogens (tertiary/aromatic N) is 1.